The second kappa shape index (κ2) is 20.4. The SMILES string of the molecule is [2H]C(N([C@@H](CCCCNC(=O)[C@@H](NC(=O)OC([2H])([2H])[2H])C(c1ccccc1)c1ccccc1)COP(=O)([O-])[O-])S(=O)(=O)c1ccc(N)cc1)C([2H])(C([2H])([2H])[2H])C([2H])([2H])[2H].[Ca+2]. The Morgan fingerprint density at radius 3 is 2.12 bits per heavy atom. The van der Waals surface area contributed by atoms with Crippen molar-refractivity contribution in [3.8, 4) is 0 Å². The number of alkyl carbamates (subject to hydrolysis) is 1. The monoisotopic (exact) mass is 753 g/mol. The van der Waals surface area contributed by atoms with Gasteiger partial charge in [-0.3, -0.25) is 4.79 Å². The van der Waals surface area contributed by atoms with Gasteiger partial charge in [-0.25, -0.2) is 13.2 Å². The molecule has 0 aliphatic carbocycles. The van der Waals surface area contributed by atoms with Gasteiger partial charge < -0.3 is 40.0 Å². The maximum absolute atomic E-state index is 14.2. The van der Waals surface area contributed by atoms with E-state index in [4.69, 9.17) is 20.8 Å². The summed E-state index contributed by atoms with van der Waals surface area (Å²) in [4.78, 5) is 49.2. The molecule has 0 spiro atoms. The van der Waals surface area contributed by atoms with Crippen molar-refractivity contribution in [2.45, 2.75) is 55.9 Å². The van der Waals surface area contributed by atoms with Gasteiger partial charge in [0.05, 0.1) is 30.5 Å². The molecule has 3 atom stereocenters. The Morgan fingerprint density at radius 1 is 1.00 bits per heavy atom. The predicted octanol–water partition coefficient (Wildman–Crippen LogP) is 2.59. The van der Waals surface area contributed by atoms with Crippen LogP contribution in [-0.2, 0) is 28.6 Å². The van der Waals surface area contributed by atoms with Crippen LogP contribution in [0.4, 0.5) is 10.5 Å². The maximum Gasteiger partial charge on any atom is 2.00 e. The molecule has 262 valence electrons. The Kier molecular flexibility index (Phi) is 11.7. The fourth-order valence-electron chi connectivity index (χ4n) is 4.90. The van der Waals surface area contributed by atoms with Gasteiger partial charge in [0.2, 0.25) is 15.9 Å². The number of phosphoric acid groups is 1. The molecule has 3 rings (SSSR count). The van der Waals surface area contributed by atoms with Gasteiger partial charge in [-0.05, 0) is 54.1 Å². The molecule has 0 bridgehead atoms. The van der Waals surface area contributed by atoms with Crippen LogP contribution < -0.4 is 26.2 Å². The van der Waals surface area contributed by atoms with E-state index in [9.17, 15) is 32.4 Å². The van der Waals surface area contributed by atoms with Gasteiger partial charge in [-0.1, -0.05) is 80.8 Å². The van der Waals surface area contributed by atoms with Crippen LogP contribution in [0.2, 0.25) is 0 Å². The van der Waals surface area contributed by atoms with E-state index >= 15 is 0 Å². The first-order chi connectivity index (χ1) is 27.1. The van der Waals surface area contributed by atoms with Crippen LogP contribution in [-0.4, -0.2) is 101 Å². The summed E-state index contributed by atoms with van der Waals surface area (Å²) >= 11 is 0. The average Bonchev–Trinajstić information content (AvgIpc) is 3.11. The van der Waals surface area contributed by atoms with Crippen molar-refractivity contribution >= 4 is 73.3 Å². The van der Waals surface area contributed by atoms with E-state index in [1.165, 1.54) is 0 Å². The number of hydrogen-bond acceptors (Lipinski definition) is 10. The molecule has 4 N–H and O–H groups in total. The number of sulfonamides is 1. The topological polar surface area (TPSA) is 203 Å². The van der Waals surface area contributed by atoms with Crippen molar-refractivity contribution in [1.29, 1.82) is 0 Å². The quantitative estimate of drug-likeness (QED) is 0.0750. The third-order valence-corrected chi connectivity index (χ3v) is 9.35. The van der Waals surface area contributed by atoms with Crippen LogP contribution in [0.3, 0.4) is 0 Å². The van der Waals surface area contributed by atoms with E-state index in [0.29, 0.717) is 11.1 Å². The summed E-state index contributed by atoms with van der Waals surface area (Å²) in [6, 6.07) is 17.5. The summed E-state index contributed by atoms with van der Waals surface area (Å²) in [5, 5.41) is 4.91. The van der Waals surface area contributed by atoms with E-state index < -0.39 is 98.9 Å². The number of phosphoric ester groups is 1. The summed E-state index contributed by atoms with van der Waals surface area (Å²) in [6.45, 7) is -12.2. The number of nitrogens with two attached hydrogens (primary N) is 1. The molecule has 1 unspecified atom stereocenters. The van der Waals surface area contributed by atoms with Gasteiger partial charge in [0.25, 0.3) is 0 Å². The van der Waals surface area contributed by atoms with Crippen molar-refractivity contribution in [3.63, 3.8) is 0 Å². The molecule has 0 radical (unpaired) electrons. The first-order valence-electron chi connectivity index (χ1n) is 20.0. The summed E-state index contributed by atoms with van der Waals surface area (Å²) in [5.41, 5.74) is 6.83. The van der Waals surface area contributed by atoms with Gasteiger partial charge >= 0.3 is 43.8 Å². The average molecular weight is 754 g/mol. The third-order valence-electron chi connectivity index (χ3n) is 7.06. The first kappa shape index (κ1) is 28.1. The summed E-state index contributed by atoms with van der Waals surface area (Å²) in [5.74, 6) is -5.58. The minimum atomic E-state index is -5.89. The zero-order valence-electron chi connectivity index (χ0n) is 37.2. The number of amides is 2. The second-order valence-corrected chi connectivity index (χ2v) is 13.4. The number of anilines is 1. The maximum atomic E-state index is 14.2. The second-order valence-electron chi connectivity index (χ2n) is 10.4. The molecular formula is C33H43CaN4O9PS. The Bertz CT molecular complexity index is 1960. The molecule has 0 fully saturated rings. The standard InChI is InChI=1S/C33H45N4O9PS.Ca/c1-24(2)22-37(48(43,44)29-19-17-27(34)18-20-29)28(23-46-47(40,41)42)16-10-11-21-35-32(38)31(36-33(39)45-3)30(25-12-6-4-7-13-25)26-14-8-5-9-15-26;/h4-9,12-15,17-20,24,28,30-31H,10-11,16,21-23,34H2,1-3H3,(H,35,38)(H,36,39)(H2,40,41,42);/q;+2/p-2/t28-,31-;/m0./s1/i1D3,2D3,3D3,22D,24D;/t22?,28-,31-;. The van der Waals surface area contributed by atoms with Crippen molar-refractivity contribution in [1.82, 2.24) is 14.9 Å². The van der Waals surface area contributed by atoms with Crippen LogP contribution in [0.25, 0.3) is 0 Å². The number of nitrogen functional groups attached to an aromatic ring is 1. The van der Waals surface area contributed by atoms with Crippen molar-refractivity contribution in [3.05, 3.63) is 96.1 Å². The number of ether oxygens (including phenoxy) is 1. The number of nitrogens with zero attached hydrogens (tertiary/aromatic N) is 1. The molecule has 0 aromatic heterocycles. The number of methoxy groups -OCH3 is 1. The Labute approximate surface area is 333 Å². The van der Waals surface area contributed by atoms with Crippen LogP contribution in [0.1, 0.15) is 65.1 Å². The minimum absolute atomic E-state index is 0. The molecule has 0 aliphatic heterocycles. The van der Waals surface area contributed by atoms with Crippen LogP contribution in [0.5, 0.6) is 0 Å². The zero-order valence-corrected chi connectivity index (χ0v) is 30.1. The molecule has 3 aromatic rings. The molecule has 49 heavy (non-hydrogen) atoms. The summed E-state index contributed by atoms with van der Waals surface area (Å²) < 4.78 is 136. The molecule has 16 heteroatoms. The van der Waals surface area contributed by atoms with E-state index in [-0.39, 0.29) is 67.1 Å². The first-order valence-corrected chi connectivity index (χ1v) is 17.4. The van der Waals surface area contributed by atoms with Gasteiger partial charge in [0.1, 0.15) is 6.04 Å². The van der Waals surface area contributed by atoms with E-state index in [1.54, 1.807) is 60.7 Å². The Balaban J connectivity index is 0.0000124. The predicted molar refractivity (Wildman–Crippen MR) is 184 cm³/mol. The van der Waals surface area contributed by atoms with Gasteiger partial charge in [0, 0.05) is 41.7 Å². The van der Waals surface area contributed by atoms with E-state index in [0.717, 1.165) is 24.3 Å². The molecule has 0 aliphatic rings. The Hall–Kier alpha value is -2.52. The van der Waals surface area contributed by atoms with Crippen molar-refractivity contribution < 1.29 is 56.7 Å². The number of benzene rings is 3. The molecule has 2 amide bonds. The summed E-state index contributed by atoms with van der Waals surface area (Å²) in [6.07, 6.45) is -2.29. The van der Waals surface area contributed by atoms with E-state index in [1.807, 2.05) is 0 Å². The third kappa shape index (κ3) is 13.6. The number of nitrogens with one attached hydrogen (secondary N) is 2. The van der Waals surface area contributed by atoms with Crippen LogP contribution >= 0.6 is 7.82 Å². The van der Waals surface area contributed by atoms with Gasteiger partial charge in [-0.15, -0.1) is 0 Å². The van der Waals surface area contributed by atoms with Crippen molar-refractivity contribution in [2.24, 2.45) is 5.89 Å². The fraction of sp³-hybridized carbons (Fsp3) is 0.394. The largest absolute Gasteiger partial charge is 2.00 e. The van der Waals surface area contributed by atoms with Crippen LogP contribution in [0.15, 0.2) is 89.8 Å². The normalized spacial score (nSPS) is 18.0. The van der Waals surface area contributed by atoms with Crippen LogP contribution in [0, 0.1) is 5.89 Å². The summed E-state index contributed by atoms with van der Waals surface area (Å²) in [7, 11) is -14.3. The van der Waals surface area contributed by atoms with E-state index in [2.05, 4.69) is 19.9 Å². The number of hydrogen-bond donors (Lipinski definition) is 3. The molecule has 0 heterocycles. The molecule has 0 saturated heterocycles. The molecular weight excluding hydrogens is 700 g/mol. The number of carbonyl (C=O) groups excluding carboxylic acids is 2. The molecule has 13 nitrogen and oxygen atoms in total. The zero-order chi connectivity index (χ0) is 44.6. The minimum Gasteiger partial charge on any atom is -0.790 e. The smallest absolute Gasteiger partial charge is 0.790 e. The molecule has 3 aromatic carbocycles. The van der Waals surface area contributed by atoms with Gasteiger partial charge in [-0.2, -0.15) is 4.31 Å². The fourth-order valence-corrected chi connectivity index (χ4v) is 6.78. The Morgan fingerprint density at radius 2 is 1.59 bits per heavy atom. The number of carbonyl (C=O) groups is 2. The van der Waals surface area contributed by atoms with Crippen molar-refractivity contribution in [2.75, 3.05) is 32.4 Å². The number of rotatable bonds is 18. The number of unbranched alkanes of at least 4 members (excludes halogenated alkanes) is 1. The van der Waals surface area contributed by atoms with Gasteiger partial charge in [0.15, 0.2) is 0 Å². The molecule has 0 saturated carbocycles.